The summed E-state index contributed by atoms with van der Waals surface area (Å²) in [5.41, 5.74) is 0.846. The highest BCUT2D eigenvalue weighted by atomic mass is 16.4. The van der Waals surface area contributed by atoms with Crippen LogP contribution in [0.3, 0.4) is 0 Å². The second-order valence-corrected chi connectivity index (χ2v) is 5.79. The van der Waals surface area contributed by atoms with Crippen LogP contribution in [-0.4, -0.2) is 43.1 Å². The molecule has 0 amide bonds. The summed E-state index contributed by atoms with van der Waals surface area (Å²) in [4.78, 5) is 14.0. The van der Waals surface area contributed by atoms with E-state index in [4.69, 9.17) is 4.42 Å². The van der Waals surface area contributed by atoms with Gasteiger partial charge in [-0.3, -0.25) is 9.88 Å². The summed E-state index contributed by atoms with van der Waals surface area (Å²) >= 11 is 0. The number of piperidine rings is 1. The molecule has 7 nitrogen and oxygen atoms in total. The van der Waals surface area contributed by atoms with Crippen LogP contribution in [0.25, 0.3) is 11.5 Å². The van der Waals surface area contributed by atoms with Gasteiger partial charge in [0.1, 0.15) is 5.82 Å². The predicted octanol–water partition coefficient (Wildman–Crippen LogP) is 2.23. The average molecular weight is 310 g/mol. The molecular formula is C16H18N6O. The molecule has 1 saturated heterocycles. The van der Waals surface area contributed by atoms with Crippen molar-refractivity contribution in [1.82, 2.24) is 30.0 Å². The molecule has 0 radical (unpaired) electrons. The fourth-order valence-corrected chi connectivity index (χ4v) is 3.04. The first-order valence-electron chi connectivity index (χ1n) is 7.83. The molecular weight excluding hydrogens is 292 g/mol. The smallest absolute Gasteiger partial charge is 0.249 e. The molecule has 0 bridgehead atoms. The van der Waals surface area contributed by atoms with Gasteiger partial charge < -0.3 is 9.40 Å². The molecule has 0 unspecified atom stereocenters. The van der Waals surface area contributed by atoms with Gasteiger partial charge in [0.25, 0.3) is 0 Å². The van der Waals surface area contributed by atoms with Crippen molar-refractivity contribution < 1.29 is 4.42 Å². The van der Waals surface area contributed by atoms with Crippen LogP contribution in [0, 0.1) is 0 Å². The van der Waals surface area contributed by atoms with Gasteiger partial charge in [-0.1, -0.05) is 0 Å². The summed E-state index contributed by atoms with van der Waals surface area (Å²) < 4.78 is 5.77. The number of aromatic nitrogens is 5. The van der Waals surface area contributed by atoms with E-state index in [1.807, 2.05) is 24.5 Å². The lowest BCUT2D eigenvalue weighted by Crippen LogP contribution is -2.34. The fourth-order valence-electron chi connectivity index (χ4n) is 3.04. The van der Waals surface area contributed by atoms with Crippen molar-refractivity contribution in [2.75, 3.05) is 13.1 Å². The van der Waals surface area contributed by atoms with Crippen LogP contribution < -0.4 is 0 Å². The molecule has 4 heterocycles. The Kier molecular flexibility index (Phi) is 3.85. The van der Waals surface area contributed by atoms with Gasteiger partial charge in [-0.25, -0.2) is 4.98 Å². The van der Waals surface area contributed by atoms with Crippen LogP contribution in [0.1, 0.15) is 30.5 Å². The quantitative estimate of drug-likeness (QED) is 0.795. The van der Waals surface area contributed by atoms with Crippen LogP contribution in [0.5, 0.6) is 0 Å². The topological polar surface area (TPSA) is 83.7 Å². The summed E-state index contributed by atoms with van der Waals surface area (Å²) in [5, 5.41) is 8.28. The van der Waals surface area contributed by atoms with Gasteiger partial charge in [0.15, 0.2) is 0 Å². The van der Waals surface area contributed by atoms with Crippen molar-refractivity contribution in [2.45, 2.75) is 25.3 Å². The Hall–Kier alpha value is -2.54. The lowest BCUT2D eigenvalue weighted by molar-refractivity contribution is 0.181. The summed E-state index contributed by atoms with van der Waals surface area (Å²) in [6.45, 7) is 2.67. The van der Waals surface area contributed by atoms with Crippen LogP contribution in [0.15, 0.2) is 41.3 Å². The Morgan fingerprint density at radius 2 is 2.30 bits per heavy atom. The van der Waals surface area contributed by atoms with Crippen molar-refractivity contribution in [2.24, 2.45) is 0 Å². The molecule has 1 aliphatic rings. The lowest BCUT2D eigenvalue weighted by atomic mass is 9.97. The highest BCUT2D eigenvalue weighted by molar-refractivity contribution is 5.49. The maximum absolute atomic E-state index is 5.77. The van der Waals surface area contributed by atoms with E-state index >= 15 is 0 Å². The third-order valence-electron chi connectivity index (χ3n) is 4.15. The molecule has 1 aliphatic heterocycles. The van der Waals surface area contributed by atoms with Crippen molar-refractivity contribution in [1.29, 1.82) is 0 Å². The zero-order chi connectivity index (χ0) is 15.5. The van der Waals surface area contributed by atoms with Crippen molar-refractivity contribution in [3.05, 3.63) is 48.6 Å². The third-order valence-corrected chi connectivity index (χ3v) is 4.15. The number of hydrogen-bond donors (Lipinski definition) is 1. The number of H-pyrrole nitrogens is 1. The van der Waals surface area contributed by atoms with Crippen molar-refractivity contribution >= 4 is 0 Å². The number of rotatable bonds is 4. The molecule has 1 N–H and O–H groups in total. The largest absolute Gasteiger partial charge is 0.419 e. The highest BCUT2D eigenvalue weighted by Gasteiger charge is 2.24. The monoisotopic (exact) mass is 310 g/mol. The zero-order valence-electron chi connectivity index (χ0n) is 12.7. The Morgan fingerprint density at radius 1 is 1.30 bits per heavy atom. The molecule has 3 aromatic rings. The molecule has 0 spiro atoms. The molecule has 7 heteroatoms. The molecule has 0 aliphatic carbocycles. The molecule has 3 aromatic heterocycles. The van der Waals surface area contributed by atoms with Crippen LogP contribution in [0.4, 0.5) is 0 Å². The van der Waals surface area contributed by atoms with E-state index < -0.39 is 0 Å². The maximum Gasteiger partial charge on any atom is 0.249 e. The Morgan fingerprint density at radius 3 is 3.13 bits per heavy atom. The van der Waals surface area contributed by atoms with Gasteiger partial charge in [-0.2, -0.15) is 0 Å². The second kappa shape index (κ2) is 6.29. The Bertz CT molecular complexity index is 739. The molecule has 0 saturated carbocycles. The number of nitrogens with zero attached hydrogens (tertiary/aromatic N) is 5. The normalized spacial score (nSPS) is 19.0. The van der Waals surface area contributed by atoms with E-state index in [2.05, 4.69) is 30.0 Å². The first-order valence-corrected chi connectivity index (χ1v) is 7.83. The van der Waals surface area contributed by atoms with Crippen LogP contribution in [-0.2, 0) is 6.54 Å². The van der Waals surface area contributed by atoms with E-state index in [0.29, 0.717) is 24.2 Å². The van der Waals surface area contributed by atoms with E-state index in [-0.39, 0.29) is 0 Å². The second-order valence-electron chi connectivity index (χ2n) is 5.79. The molecule has 4 rings (SSSR count). The Labute approximate surface area is 133 Å². The van der Waals surface area contributed by atoms with Gasteiger partial charge in [-0.05, 0) is 31.5 Å². The van der Waals surface area contributed by atoms with E-state index in [9.17, 15) is 0 Å². The minimum atomic E-state index is 0.444. The first-order chi connectivity index (χ1) is 11.4. The first kappa shape index (κ1) is 14.1. The average Bonchev–Trinajstić information content (AvgIpc) is 3.28. The van der Waals surface area contributed by atoms with Gasteiger partial charge in [0.2, 0.25) is 11.8 Å². The molecule has 118 valence electrons. The summed E-state index contributed by atoms with van der Waals surface area (Å²) in [7, 11) is 0. The molecule has 23 heavy (non-hydrogen) atoms. The number of aromatic amines is 1. The van der Waals surface area contributed by atoms with Gasteiger partial charge in [0, 0.05) is 37.3 Å². The lowest BCUT2D eigenvalue weighted by Gasteiger charge is -2.30. The third kappa shape index (κ3) is 3.14. The van der Waals surface area contributed by atoms with Crippen LogP contribution in [0.2, 0.25) is 0 Å². The van der Waals surface area contributed by atoms with Gasteiger partial charge >= 0.3 is 0 Å². The van der Waals surface area contributed by atoms with E-state index in [0.717, 1.165) is 37.3 Å². The fraction of sp³-hybridized carbons (Fsp3) is 0.375. The molecule has 1 atom stereocenters. The maximum atomic E-state index is 5.77. The predicted molar refractivity (Wildman–Crippen MR) is 83.4 cm³/mol. The van der Waals surface area contributed by atoms with Crippen molar-refractivity contribution in [3.8, 4) is 11.5 Å². The highest BCUT2D eigenvalue weighted by Crippen LogP contribution is 2.25. The summed E-state index contributed by atoms with van der Waals surface area (Å²) in [5.74, 6) is 2.67. The molecule has 1 fully saturated rings. The van der Waals surface area contributed by atoms with Gasteiger partial charge in [-0.15, -0.1) is 10.2 Å². The van der Waals surface area contributed by atoms with Gasteiger partial charge in [0.05, 0.1) is 12.1 Å². The SMILES string of the molecule is c1cncc(-c2nnc(CN3CCC[C@H](c4ncc[nH]4)C3)o2)c1. The standard InChI is InChI=1S/C16H18N6O/c1-3-12(9-17-5-1)16-21-20-14(23-16)11-22-8-2-4-13(10-22)15-18-6-7-19-15/h1,3,5-7,9,13H,2,4,8,10-11H2,(H,18,19)/t13-/m0/s1. The molecule has 0 aromatic carbocycles. The van der Waals surface area contributed by atoms with Crippen LogP contribution >= 0.6 is 0 Å². The van der Waals surface area contributed by atoms with E-state index in [1.54, 1.807) is 12.4 Å². The summed E-state index contributed by atoms with van der Waals surface area (Å²) in [6.07, 6.45) is 9.46. The Balaban J connectivity index is 1.43. The number of nitrogens with one attached hydrogen (secondary N) is 1. The van der Waals surface area contributed by atoms with E-state index in [1.165, 1.54) is 0 Å². The number of hydrogen-bond acceptors (Lipinski definition) is 6. The van der Waals surface area contributed by atoms with Crippen molar-refractivity contribution in [3.63, 3.8) is 0 Å². The number of pyridine rings is 1. The minimum absolute atomic E-state index is 0.444. The minimum Gasteiger partial charge on any atom is -0.419 e. The number of imidazole rings is 1. The zero-order valence-corrected chi connectivity index (χ0v) is 12.7. The number of likely N-dealkylation sites (tertiary alicyclic amines) is 1. The summed E-state index contributed by atoms with van der Waals surface area (Å²) in [6, 6.07) is 3.77.